The number of sulfone groups is 1. The summed E-state index contributed by atoms with van der Waals surface area (Å²) in [5, 5.41) is 0. The number of likely N-dealkylation sites (tertiary alicyclic amines) is 1. The molecule has 0 N–H and O–H groups in total. The molecular formula is C21H27NO2S. The molecule has 1 fully saturated rings. The predicted molar refractivity (Wildman–Crippen MR) is 104 cm³/mol. The van der Waals surface area contributed by atoms with E-state index in [-0.39, 0.29) is 0 Å². The second-order valence-corrected chi connectivity index (χ2v) is 9.21. The first-order chi connectivity index (χ1) is 11.8. The van der Waals surface area contributed by atoms with Gasteiger partial charge in [0.15, 0.2) is 9.84 Å². The molecule has 134 valence electrons. The normalized spacial score (nSPS) is 18.6. The number of hydrogen-bond donors (Lipinski definition) is 0. The quantitative estimate of drug-likeness (QED) is 0.809. The van der Waals surface area contributed by atoms with Gasteiger partial charge >= 0.3 is 0 Å². The van der Waals surface area contributed by atoms with Crippen LogP contribution in [0.15, 0.2) is 47.4 Å². The van der Waals surface area contributed by atoms with Crippen molar-refractivity contribution >= 4 is 9.84 Å². The van der Waals surface area contributed by atoms with E-state index in [4.69, 9.17) is 0 Å². The Hall–Kier alpha value is -1.65. The van der Waals surface area contributed by atoms with E-state index in [2.05, 4.69) is 36.1 Å². The van der Waals surface area contributed by atoms with Crippen molar-refractivity contribution in [3.05, 3.63) is 53.6 Å². The van der Waals surface area contributed by atoms with Crippen LogP contribution < -0.4 is 0 Å². The lowest BCUT2D eigenvalue weighted by molar-refractivity contribution is 0.272. The van der Waals surface area contributed by atoms with E-state index in [1.165, 1.54) is 31.2 Å². The summed E-state index contributed by atoms with van der Waals surface area (Å²) in [5.41, 5.74) is 4.13. The zero-order chi connectivity index (χ0) is 18.0. The smallest absolute Gasteiger partial charge is 0.175 e. The summed E-state index contributed by atoms with van der Waals surface area (Å²) >= 11 is 0. The highest BCUT2D eigenvalue weighted by Gasteiger charge is 2.19. The molecule has 1 heterocycles. The molecule has 2 aromatic rings. The van der Waals surface area contributed by atoms with Crippen molar-refractivity contribution < 1.29 is 8.42 Å². The van der Waals surface area contributed by atoms with Crippen molar-refractivity contribution in [1.29, 1.82) is 0 Å². The van der Waals surface area contributed by atoms with Crippen molar-refractivity contribution in [1.82, 2.24) is 4.90 Å². The average molecular weight is 358 g/mol. The molecule has 2 aromatic carbocycles. The standard InChI is InChI=1S/C21H27NO2S/c1-16-6-9-20(15-21(16)25(3,23)24)19-10-7-18(8-11-19)12-14-22-13-4-5-17(22)2/h6-11,15,17H,4-5,12-14H2,1-3H3. The summed E-state index contributed by atoms with van der Waals surface area (Å²) in [6.45, 7) is 6.48. The zero-order valence-corrected chi connectivity index (χ0v) is 16.1. The molecule has 0 bridgehead atoms. The molecule has 1 saturated heterocycles. The Bertz CT molecular complexity index is 841. The molecule has 1 unspecified atom stereocenters. The molecule has 0 spiro atoms. The van der Waals surface area contributed by atoms with Gasteiger partial charge in [0, 0.05) is 18.8 Å². The number of aryl methyl sites for hydroxylation is 1. The van der Waals surface area contributed by atoms with Crippen LogP contribution in [0.25, 0.3) is 11.1 Å². The summed E-state index contributed by atoms with van der Waals surface area (Å²) < 4.78 is 23.8. The molecule has 3 rings (SSSR count). The van der Waals surface area contributed by atoms with Crippen LogP contribution in [0.2, 0.25) is 0 Å². The van der Waals surface area contributed by atoms with Gasteiger partial charge in [-0.15, -0.1) is 0 Å². The molecule has 1 atom stereocenters. The van der Waals surface area contributed by atoms with Crippen LogP contribution in [0.1, 0.15) is 30.9 Å². The van der Waals surface area contributed by atoms with Crippen LogP contribution in [0.4, 0.5) is 0 Å². The second kappa shape index (κ2) is 7.30. The lowest BCUT2D eigenvalue weighted by Crippen LogP contribution is -2.28. The molecule has 4 heteroatoms. The van der Waals surface area contributed by atoms with Gasteiger partial charge in [-0.05, 0) is 68.0 Å². The Labute approximate surface area is 151 Å². The average Bonchev–Trinajstić information content (AvgIpc) is 2.98. The minimum Gasteiger partial charge on any atom is -0.300 e. The molecule has 0 radical (unpaired) electrons. The van der Waals surface area contributed by atoms with Crippen molar-refractivity contribution in [3.63, 3.8) is 0 Å². The second-order valence-electron chi connectivity index (χ2n) is 7.23. The van der Waals surface area contributed by atoms with Crippen LogP contribution >= 0.6 is 0 Å². The van der Waals surface area contributed by atoms with Gasteiger partial charge in [0.25, 0.3) is 0 Å². The number of rotatable bonds is 5. The third-order valence-electron chi connectivity index (χ3n) is 5.25. The van der Waals surface area contributed by atoms with E-state index in [0.29, 0.717) is 10.9 Å². The van der Waals surface area contributed by atoms with Gasteiger partial charge in [-0.25, -0.2) is 8.42 Å². The fourth-order valence-electron chi connectivity index (χ4n) is 3.64. The number of nitrogens with zero attached hydrogens (tertiary/aromatic N) is 1. The van der Waals surface area contributed by atoms with Crippen molar-refractivity contribution in [3.8, 4) is 11.1 Å². The van der Waals surface area contributed by atoms with Gasteiger partial charge < -0.3 is 4.90 Å². The monoisotopic (exact) mass is 357 g/mol. The van der Waals surface area contributed by atoms with Crippen LogP contribution in [-0.2, 0) is 16.3 Å². The van der Waals surface area contributed by atoms with Gasteiger partial charge in [-0.1, -0.05) is 36.4 Å². The van der Waals surface area contributed by atoms with E-state index >= 15 is 0 Å². The molecule has 1 aliphatic heterocycles. The number of benzene rings is 2. The van der Waals surface area contributed by atoms with Gasteiger partial charge in [-0.3, -0.25) is 0 Å². The van der Waals surface area contributed by atoms with Crippen LogP contribution in [0.5, 0.6) is 0 Å². The van der Waals surface area contributed by atoms with Gasteiger partial charge in [0.2, 0.25) is 0 Å². The molecule has 3 nitrogen and oxygen atoms in total. The minimum absolute atomic E-state index is 0.414. The maximum Gasteiger partial charge on any atom is 0.175 e. The summed E-state index contributed by atoms with van der Waals surface area (Å²) in [6, 6.07) is 14.9. The predicted octanol–water partition coefficient (Wildman–Crippen LogP) is 4.09. The van der Waals surface area contributed by atoms with Crippen molar-refractivity contribution in [2.24, 2.45) is 0 Å². The third kappa shape index (κ3) is 4.31. The summed E-state index contributed by atoms with van der Waals surface area (Å²) in [6.07, 6.45) is 4.96. The molecule has 25 heavy (non-hydrogen) atoms. The maximum absolute atomic E-state index is 11.9. The van der Waals surface area contributed by atoms with Crippen LogP contribution in [-0.4, -0.2) is 38.7 Å². The Balaban J connectivity index is 1.74. The maximum atomic E-state index is 11.9. The molecular weight excluding hydrogens is 330 g/mol. The largest absolute Gasteiger partial charge is 0.300 e. The zero-order valence-electron chi connectivity index (χ0n) is 15.3. The van der Waals surface area contributed by atoms with Crippen LogP contribution in [0, 0.1) is 6.92 Å². The number of hydrogen-bond acceptors (Lipinski definition) is 3. The van der Waals surface area contributed by atoms with E-state index < -0.39 is 9.84 Å². The van der Waals surface area contributed by atoms with E-state index in [1.807, 2.05) is 19.1 Å². The SMILES string of the molecule is Cc1ccc(-c2ccc(CCN3CCCC3C)cc2)cc1S(C)(=O)=O. The lowest BCUT2D eigenvalue weighted by atomic mass is 10.0. The molecule has 0 saturated carbocycles. The highest BCUT2D eigenvalue weighted by Crippen LogP contribution is 2.26. The Morgan fingerprint density at radius 2 is 1.76 bits per heavy atom. The highest BCUT2D eigenvalue weighted by atomic mass is 32.2. The first-order valence-electron chi connectivity index (χ1n) is 8.98. The molecule has 1 aliphatic rings. The fourth-order valence-corrected chi connectivity index (χ4v) is 4.63. The minimum atomic E-state index is -3.20. The first-order valence-corrected chi connectivity index (χ1v) is 10.9. The van der Waals surface area contributed by atoms with Crippen LogP contribution in [0.3, 0.4) is 0 Å². The molecule has 0 aromatic heterocycles. The Kier molecular flexibility index (Phi) is 5.30. The first kappa shape index (κ1) is 18.2. The lowest BCUT2D eigenvalue weighted by Gasteiger charge is -2.20. The van der Waals surface area contributed by atoms with Gasteiger partial charge in [0.05, 0.1) is 4.90 Å². The topological polar surface area (TPSA) is 37.4 Å². The molecule has 0 aliphatic carbocycles. The fraction of sp³-hybridized carbons (Fsp3) is 0.429. The summed E-state index contributed by atoms with van der Waals surface area (Å²) in [7, 11) is -3.20. The Morgan fingerprint density at radius 1 is 1.08 bits per heavy atom. The highest BCUT2D eigenvalue weighted by molar-refractivity contribution is 7.90. The molecule has 0 amide bonds. The van der Waals surface area contributed by atoms with E-state index in [0.717, 1.165) is 29.7 Å². The van der Waals surface area contributed by atoms with Crippen molar-refractivity contribution in [2.75, 3.05) is 19.3 Å². The van der Waals surface area contributed by atoms with E-state index in [1.54, 1.807) is 6.07 Å². The third-order valence-corrected chi connectivity index (χ3v) is 6.49. The summed E-state index contributed by atoms with van der Waals surface area (Å²) in [5.74, 6) is 0. The van der Waals surface area contributed by atoms with Gasteiger partial charge in [-0.2, -0.15) is 0 Å². The van der Waals surface area contributed by atoms with Gasteiger partial charge in [0.1, 0.15) is 0 Å². The summed E-state index contributed by atoms with van der Waals surface area (Å²) in [4.78, 5) is 2.98. The van der Waals surface area contributed by atoms with Crippen molar-refractivity contribution in [2.45, 2.75) is 44.0 Å². The Morgan fingerprint density at radius 3 is 2.36 bits per heavy atom. The van der Waals surface area contributed by atoms with E-state index in [9.17, 15) is 8.42 Å².